The van der Waals surface area contributed by atoms with Gasteiger partial charge in [0.1, 0.15) is 17.2 Å². The van der Waals surface area contributed by atoms with Crippen molar-refractivity contribution in [3.63, 3.8) is 0 Å². The number of amides is 2. The molecule has 0 aromatic heterocycles. The molecule has 1 saturated heterocycles. The summed E-state index contributed by atoms with van der Waals surface area (Å²) in [5.74, 6) is -2.12. The lowest BCUT2D eigenvalue weighted by atomic mass is 9.78. The van der Waals surface area contributed by atoms with Gasteiger partial charge in [-0.05, 0) is 82.4 Å². The van der Waals surface area contributed by atoms with E-state index in [2.05, 4.69) is 5.32 Å². The van der Waals surface area contributed by atoms with Crippen LogP contribution in [0.15, 0.2) is 60.2 Å². The summed E-state index contributed by atoms with van der Waals surface area (Å²) in [6.45, 7) is 7.92. The van der Waals surface area contributed by atoms with Crippen LogP contribution in [-0.2, 0) is 23.7 Å². The highest BCUT2D eigenvalue weighted by atomic mass is 19.1. The minimum Gasteiger partial charge on any atom is -0.399 e. The van der Waals surface area contributed by atoms with Gasteiger partial charge in [-0.2, -0.15) is 0 Å². The van der Waals surface area contributed by atoms with Gasteiger partial charge in [0.25, 0.3) is 11.8 Å². The zero-order chi connectivity index (χ0) is 26.5. The third-order valence-corrected chi connectivity index (χ3v) is 7.88. The summed E-state index contributed by atoms with van der Waals surface area (Å²) in [6, 6.07) is 12.2. The first-order chi connectivity index (χ1) is 17.5. The van der Waals surface area contributed by atoms with Gasteiger partial charge in [-0.1, -0.05) is 18.2 Å². The van der Waals surface area contributed by atoms with E-state index in [1.165, 1.54) is 35.2 Å². The molecule has 0 bridgehead atoms. The fourth-order valence-corrected chi connectivity index (χ4v) is 5.06. The van der Waals surface area contributed by atoms with Crippen molar-refractivity contribution in [2.75, 3.05) is 10.2 Å². The molecule has 192 valence electrons. The molecule has 1 saturated carbocycles. The molecule has 2 fully saturated rings. The van der Waals surface area contributed by atoms with Crippen LogP contribution in [-0.4, -0.2) is 42.0 Å². The van der Waals surface area contributed by atoms with E-state index in [0.717, 1.165) is 5.46 Å². The zero-order valence-electron chi connectivity index (χ0n) is 21.4. The molecule has 2 unspecified atom stereocenters. The molecule has 9 heteroatoms. The largest absolute Gasteiger partial charge is 0.494 e. The number of rotatable bonds is 4. The summed E-state index contributed by atoms with van der Waals surface area (Å²) >= 11 is 0. The Morgan fingerprint density at radius 2 is 1.62 bits per heavy atom. The topological polar surface area (TPSA) is 84.9 Å². The highest BCUT2D eigenvalue weighted by Gasteiger charge is 2.51. The Labute approximate surface area is 216 Å². The predicted octanol–water partition coefficient (Wildman–Crippen LogP) is 3.77. The van der Waals surface area contributed by atoms with E-state index in [9.17, 15) is 18.8 Å². The molecule has 2 atom stereocenters. The third-order valence-electron chi connectivity index (χ3n) is 7.88. The molecule has 2 amide bonds. The van der Waals surface area contributed by atoms with Crippen molar-refractivity contribution in [2.45, 2.75) is 64.2 Å². The van der Waals surface area contributed by atoms with Crippen LogP contribution in [0, 0.1) is 11.7 Å². The third kappa shape index (κ3) is 4.62. The number of hydrogen-bond acceptors (Lipinski definition) is 5. The van der Waals surface area contributed by atoms with Crippen molar-refractivity contribution in [2.24, 2.45) is 5.92 Å². The van der Waals surface area contributed by atoms with E-state index < -0.39 is 47.9 Å². The Hall–Kier alpha value is -3.30. The maximum Gasteiger partial charge on any atom is 0.494 e. The Bertz CT molecular complexity index is 1260. The SMILES string of the molecule is CC1(C)OB(c2ccc(NC(=O)C3=CC4C(=O)CCCC4N(c4ccc(F)cc4)C3=O)cc2)OC1(C)C. The molecular formula is C28H30BFN2O5. The lowest BCUT2D eigenvalue weighted by Gasteiger charge is -2.41. The van der Waals surface area contributed by atoms with Crippen LogP contribution in [0.4, 0.5) is 15.8 Å². The van der Waals surface area contributed by atoms with Crippen LogP contribution < -0.4 is 15.7 Å². The highest BCUT2D eigenvalue weighted by molar-refractivity contribution is 6.62. The Morgan fingerprint density at radius 1 is 1.00 bits per heavy atom. The molecule has 0 spiro atoms. The van der Waals surface area contributed by atoms with E-state index >= 15 is 0 Å². The van der Waals surface area contributed by atoms with E-state index in [1.54, 1.807) is 24.3 Å². The van der Waals surface area contributed by atoms with Crippen molar-refractivity contribution in [1.29, 1.82) is 0 Å². The second-order valence-electron chi connectivity index (χ2n) is 10.8. The first-order valence-electron chi connectivity index (χ1n) is 12.6. The van der Waals surface area contributed by atoms with Gasteiger partial charge >= 0.3 is 7.12 Å². The smallest absolute Gasteiger partial charge is 0.399 e. The average molecular weight is 504 g/mol. The molecule has 2 heterocycles. The molecule has 5 rings (SSSR count). The van der Waals surface area contributed by atoms with Crippen LogP contribution in [0.3, 0.4) is 0 Å². The first kappa shape index (κ1) is 25.4. The average Bonchev–Trinajstić information content (AvgIpc) is 3.07. The molecule has 3 aliphatic rings. The quantitative estimate of drug-likeness (QED) is 0.506. The standard InChI is InChI=1S/C28H30BFN2O5/c1-27(2)28(3,4)37-29(36-27)17-8-12-19(13-9-17)31-25(34)22-16-21-23(6-5-7-24(21)33)32(26(22)35)20-14-10-18(30)11-15-20/h8-16,21,23H,5-7H2,1-4H3,(H,31,34). The number of carbonyl (C=O) groups is 3. The summed E-state index contributed by atoms with van der Waals surface area (Å²) in [7, 11) is -0.532. The van der Waals surface area contributed by atoms with Gasteiger partial charge in [-0.15, -0.1) is 0 Å². The monoisotopic (exact) mass is 504 g/mol. The zero-order valence-corrected chi connectivity index (χ0v) is 21.4. The molecular weight excluding hydrogens is 474 g/mol. The molecule has 2 aliphatic heterocycles. The number of benzene rings is 2. The molecule has 1 aliphatic carbocycles. The van der Waals surface area contributed by atoms with E-state index in [-0.39, 0.29) is 11.4 Å². The summed E-state index contributed by atoms with van der Waals surface area (Å²) in [5, 5.41) is 2.78. The van der Waals surface area contributed by atoms with Crippen LogP contribution in [0.25, 0.3) is 0 Å². The lowest BCUT2D eigenvalue weighted by Crippen LogP contribution is -2.53. The van der Waals surface area contributed by atoms with Crippen LogP contribution in [0.5, 0.6) is 0 Å². The fraction of sp³-hybridized carbons (Fsp3) is 0.393. The number of nitrogens with one attached hydrogen (secondary N) is 1. The molecule has 1 N–H and O–H groups in total. The summed E-state index contributed by atoms with van der Waals surface area (Å²) in [6.07, 6.45) is 3.20. The van der Waals surface area contributed by atoms with Crippen molar-refractivity contribution in [3.05, 3.63) is 66.0 Å². The van der Waals surface area contributed by atoms with E-state index in [4.69, 9.17) is 9.31 Å². The van der Waals surface area contributed by atoms with Gasteiger partial charge in [0.05, 0.1) is 23.2 Å². The first-order valence-corrected chi connectivity index (χ1v) is 12.6. The summed E-state index contributed by atoms with van der Waals surface area (Å²) in [4.78, 5) is 41.0. The molecule has 7 nitrogen and oxygen atoms in total. The summed E-state index contributed by atoms with van der Waals surface area (Å²) < 4.78 is 25.7. The number of carbonyl (C=O) groups excluding carboxylic acids is 3. The van der Waals surface area contributed by atoms with Crippen molar-refractivity contribution in [3.8, 4) is 0 Å². The maximum atomic E-state index is 13.5. The van der Waals surface area contributed by atoms with Crippen molar-refractivity contribution < 1.29 is 28.1 Å². The molecule has 37 heavy (non-hydrogen) atoms. The van der Waals surface area contributed by atoms with Gasteiger partial charge in [0.15, 0.2) is 0 Å². The van der Waals surface area contributed by atoms with Crippen LogP contribution >= 0.6 is 0 Å². The minimum atomic E-state index is -0.600. The second-order valence-corrected chi connectivity index (χ2v) is 10.8. The number of fused-ring (bicyclic) bond motifs is 1. The van der Waals surface area contributed by atoms with Crippen LogP contribution in [0.2, 0.25) is 0 Å². The number of nitrogens with zero attached hydrogens (tertiary/aromatic N) is 1. The van der Waals surface area contributed by atoms with Crippen LogP contribution in [0.1, 0.15) is 47.0 Å². The number of anilines is 2. The van der Waals surface area contributed by atoms with Gasteiger partial charge in [0, 0.05) is 17.8 Å². The number of Topliss-reactive ketones (excluding diaryl/α,β-unsaturated/α-hetero) is 1. The molecule has 2 aromatic rings. The fourth-order valence-electron chi connectivity index (χ4n) is 5.06. The highest BCUT2D eigenvalue weighted by Crippen LogP contribution is 2.37. The molecule has 2 aromatic carbocycles. The second kappa shape index (κ2) is 9.22. The van der Waals surface area contributed by atoms with Gasteiger partial charge < -0.3 is 19.5 Å². The van der Waals surface area contributed by atoms with Crippen molar-refractivity contribution >= 4 is 41.6 Å². The van der Waals surface area contributed by atoms with Gasteiger partial charge in [-0.25, -0.2) is 4.39 Å². The Kier molecular flexibility index (Phi) is 6.32. The minimum absolute atomic E-state index is 0.00655. The Balaban J connectivity index is 1.37. The number of hydrogen-bond donors (Lipinski definition) is 1. The van der Waals surface area contributed by atoms with Gasteiger partial charge in [-0.3, -0.25) is 14.4 Å². The number of ketones is 1. The molecule has 0 radical (unpaired) electrons. The maximum absolute atomic E-state index is 13.5. The lowest BCUT2D eigenvalue weighted by molar-refractivity contribution is -0.125. The summed E-state index contributed by atoms with van der Waals surface area (Å²) in [5.41, 5.74) is 0.719. The van der Waals surface area contributed by atoms with Crippen molar-refractivity contribution in [1.82, 2.24) is 0 Å². The normalized spacial score (nSPS) is 24.5. The number of halogens is 1. The van der Waals surface area contributed by atoms with E-state index in [1.807, 2.05) is 27.7 Å². The Morgan fingerprint density at radius 3 is 2.24 bits per heavy atom. The van der Waals surface area contributed by atoms with Gasteiger partial charge in [0.2, 0.25) is 0 Å². The van der Waals surface area contributed by atoms with E-state index in [0.29, 0.717) is 30.6 Å². The predicted molar refractivity (Wildman–Crippen MR) is 139 cm³/mol.